The van der Waals surface area contributed by atoms with E-state index in [0.717, 1.165) is 11.4 Å². The summed E-state index contributed by atoms with van der Waals surface area (Å²) >= 11 is 2.83. The summed E-state index contributed by atoms with van der Waals surface area (Å²) in [6, 6.07) is 36.3. The number of nitrogen functional groups attached to an aromatic ring is 2. The first-order valence-electron chi connectivity index (χ1n) is 8.71. The molecule has 4 aromatic rings. The van der Waals surface area contributed by atoms with Crippen molar-refractivity contribution >= 4 is 23.9 Å². The largest absolute Gasteiger partial charge is 0.399 e. The van der Waals surface area contributed by atoms with Crippen molar-refractivity contribution in [1.29, 1.82) is 0 Å². The summed E-state index contributed by atoms with van der Waals surface area (Å²) < 4.78 is 7.83. The molecule has 0 bridgehead atoms. The summed E-state index contributed by atoms with van der Waals surface area (Å²) in [5.41, 5.74) is 17.7. The minimum atomic E-state index is 0.805. The van der Waals surface area contributed by atoms with Gasteiger partial charge in [-0.3, -0.25) is 0 Å². The van der Waals surface area contributed by atoms with Gasteiger partial charge < -0.3 is 11.5 Å². The molecule has 0 saturated carbocycles. The van der Waals surface area contributed by atoms with Crippen LogP contribution >= 0.6 is 0 Å². The standard InChI is InChI=1S/2C12H11N.OS/c2*13-12-8-6-11(7-9-12)10-4-2-1-3-5-10;1-2/h2*1-9H,13H2;. The minimum Gasteiger partial charge on any atom is -0.399 e. The van der Waals surface area contributed by atoms with Crippen LogP contribution in [0, 0.1) is 0 Å². The number of hydrogen-bond donors (Lipinski definition) is 2. The Labute approximate surface area is 171 Å². The highest BCUT2D eigenvalue weighted by molar-refractivity contribution is 7.44. The van der Waals surface area contributed by atoms with Crippen LogP contribution in [0.5, 0.6) is 0 Å². The average Bonchev–Trinajstić information content (AvgIpc) is 2.78. The summed E-state index contributed by atoms with van der Waals surface area (Å²) in [6.07, 6.45) is 0. The molecule has 140 valence electrons. The van der Waals surface area contributed by atoms with Gasteiger partial charge in [0.15, 0.2) is 12.5 Å². The van der Waals surface area contributed by atoms with Crippen LogP contribution in [-0.2, 0) is 12.5 Å². The molecule has 0 saturated heterocycles. The fourth-order valence-corrected chi connectivity index (χ4v) is 2.61. The van der Waals surface area contributed by atoms with Crippen molar-refractivity contribution in [2.75, 3.05) is 11.5 Å². The smallest absolute Gasteiger partial charge is 0.197 e. The Hall–Kier alpha value is -3.50. The van der Waals surface area contributed by atoms with E-state index >= 15 is 0 Å². The zero-order valence-corrected chi connectivity index (χ0v) is 16.2. The van der Waals surface area contributed by atoms with Crippen LogP contribution < -0.4 is 11.5 Å². The third-order valence-electron chi connectivity index (χ3n) is 4.04. The number of benzene rings is 4. The zero-order valence-electron chi connectivity index (χ0n) is 15.4. The van der Waals surface area contributed by atoms with Crippen molar-refractivity contribution in [2.45, 2.75) is 0 Å². The number of hydrogen-bond acceptors (Lipinski definition) is 4. The van der Waals surface area contributed by atoms with Crippen molar-refractivity contribution in [3.63, 3.8) is 0 Å². The third-order valence-corrected chi connectivity index (χ3v) is 4.04. The van der Waals surface area contributed by atoms with Gasteiger partial charge >= 0.3 is 0 Å². The van der Waals surface area contributed by atoms with Crippen LogP contribution in [0.2, 0.25) is 0 Å². The second-order valence-electron chi connectivity index (χ2n) is 5.98. The van der Waals surface area contributed by atoms with E-state index in [-0.39, 0.29) is 0 Å². The van der Waals surface area contributed by atoms with Gasteiger partial charge in [0, 0.05) is 11.4 Å². The first kappa shape index (κ1) is 20.8. The van der Waals surface area contributed by atoms with E-state index in [4.69, 9.17) is 15.7 Å². The van der Waals surface area contributed by atoms with E-state index in [0.29, 0.717) is 0 Å². The summed E-state index contributed by atoms with van der Waals surface area (Å²) in [5, 5.41) is 0. The SMILES string of the molecule is Nc1ccc(-c2ccccc2)cc1.Nc1ccc(-c2ccccc2)cc1.O=S. The quantitative estimate of drug-likeness (QED) is 0.444. The van der Waals surface area contributed by atoms with E-state index < -0.39 is 0 Å². The lowest BCUT2D eigenvalue weighted by Crippen LogP contribution is -1.83. The Bertz CT molecular complexity index is 860. The number of nitrogens with two attached hydrogens (primary N) is 2. The molecule has 0 aliphatic rings. The van der Waals surface area contributed by atoms with Gasteiger partial charge in [-0.1, -0.05) is 84.9 Å². The van der Waals surface area contributed by atoms with Gasteiger partial charge in [-0.05, 0) is 46.5 Å². The lowest BCUT2D eigenvalue weighted by Gasteiger charge is -2.00. The molecule has 0 unspecified atom stereocenters. The van der Waals surface area contributed by atoms with Gasteiger partial charge in [0.25, 0.3) is 0 Å². The highest BCUT2D eigenvalue weighted by Crippen LogP contribution is 2.20. The van der Waals surface area contributed by atoms with Crippen molar-refractivity contribution in [1.82, 2.24) is 0 Å². The number of rotatable bonds is 2. The molecule has 4 heteroatoms. The molecule has 4 rings (SSSR count). The van der Waals surface area contributed by atoms with Gasteiger partial charge in [0.2, 0.25) is 0 Å². The minimum absolute atomic E-state index is 0.805. The molecule has 0 fully saturated rings. The fraction of sp³-hybridized carbons (Fsp3) is 0. The molecule has 4 aromatic carbocycles. The molecule has 0 amide bonds. The monoisotopic (exact) mass is 386 g/mol. The Morgan fingerprint density at radius 1 is 0.393 bits per heavy atom. The predicted molar refractivity (Wildman–Crippen MR) is 121 cm³/mol. The van der Waals surface area contributed by atoms with Crippen LogP contribution in [0.4, 0.5) is 11.4 Å². The summed E-state index contributed by atoms with van der Waals surface area (Å²) in [5.74, 6) is 0. The van der Waals surface area contributed by atoms with Gasteiger partial charge in [-0.15, -0.1) is 0 Å². The van der Waals surface area contributed by atoms with Crippen molar-refractivity contribution in [3.05, 3.63) is 109 Å². The molecule has 0 radical (unpaired) electrons. The van der Waals surface area contributed by atoms with Crippen molar-refractivity contribution < 1.29 is 4.21 Å². The van der Waals surface area contributed by atoms with Gasteiger partial charge in [0.05, 0.1) is 0 Å². The maximum Gasteiger partial charge on any atom is 0.197 e. The Morgan fingerprint density at radius 3 is 0.929 bits per heavy atom. The Balaban J connectivity index is 0.000000184. The molecule has 0 heterocycles. The first-order chi connectivity index (χ1) is 13.7. The van der Waals surface area contributed by atoms with E-state index in [9.17, 15) is 0 Å². The zero-order chi connectivity index (χ0) is 20.2. The van der Waals surface area contributed by atoms with Crippen molar-refractivity contribution in [2.24, 2.45) is 0 Å². The number of anilines is 2. The summed E-state index contributed by atoms with van der Waals surface area (Å²) in [4.78, 5) is 0. The van der Waals surface area contributed by atoms with Crippen LogP contribution in [0.15, 0.2) is 109 Å². The van der Waals surface area contributed by atoms with Crippen LogP contribution in [0.25, 0.3) is 22.3 Å². The van der Waals surface area contributed by atoms with E-state index in [1.54, 1.807) is 0 Å². The lowest BCUT2D eigenvalue weighted by molar-refractivity contribution is 0.702. The summed E-state index contributed by atoms with van der Waals surface area (Å²) in [7, 11) is 0. The molecule has 4 N–H and O–H groups in total. The fourth-order valence-electron chi connectivity index (χ4n) is 2.61. The molecular formula is C24H22N2OS. The Kier molecular flexibility index (Phi) is 8.37. The molecule has 0 aromatic heterocycles. The predicted octanol–water partition coefficient (Wildman–Crippen LogP) is 5.54. The van der Waals surface area contributed by atoms with Gasteiger partial charge in [-0.25, -0.2) is 0 Å². The van der Waals surface area contributed by atoms with E-state index in [1.807, 2.05) is 84.9 Å². The lowest BCUT2D eigenvalue weighted by atomic mass is 10.1. The topological polar surface area (TPSA) is 69.1 Å². The Morgan fingerprint density at radius 2 is 0.643 bits per heavy atom. The van der Waals surface area contributed by atoms with Gasteiger partial charge in [0.1, 0.15) is 0 Å². The van der Waals surface area contributed by atoms with Crippen molar-refractivity contribution in [3.8, 4) is 22.3 Å². The highest BCUT2D eigenvalue weighted by atomic mass is 32.1. The van der Waals surface area contributed by atoms with Crippen LogP contribution in [-0.4, -0.2) is 4.21 Å². The second-order valence-corrected chi connectivity index (χ2v) is 5.98. The molecular weight excluding hydrogens is 364 g/mol. The molecule has 0 atom stereocenters. The first-order valence-corrected chi connectivity index (χ1v) is 9.04. The molecule has 0 aliphatic carbocycles. The maximum absolute atomic E-state index is 7.83. The molecule has 28 heavy (non-hydrogen) atoms. The normalized spacial score (nSPS) is 9.29. The highest BCUT2D eigenvalue weighted by Gasteiger charge is 1.95. The second kappa shape index (κ2) is 11.3. The van der Waals surface area contributed by atoms with E-state index in [1.165, 1.54) is 22.3 Å². The molecule has 3 nitrogen and oxygen atoms in total. The van der Waals surface area contributed by atoms with Crippen LogP contribution in [0.3, 0.4) is 0 Å². The molecule has 0 spiro atoms. The maximum atomic E-state index is 7.83. The average molecular weight is 387 g/mol. The van der Waals surface area contributed by atoms with Crippen LogP contribution in [0.1, 0.15) is 0 Å². The summed E-state index contributed by atoms with van der Waals surface area (Å²) in [6.45, 7) is 0. The van der Waals surface area contributed by atoms with Gasteiger partial charge in [-0.2, -0.15) is 4.21 Å². The third kappa shape index (κ3) is 6.34. The molecule has 0 aliphatic heterocycles. The van der Waals surface area contributed by atoms with E-state index in [2.05, 4.69) is 36.8 Å².